The number of hydrogen-bond donors (Lipinski definition) is 2. The molecule has 1 atom stereocenters. The summed E-state index contributed by atoms with van der Waals surface area (Å²) in [6, 6.07) is 6.21. The van der Waals surface area contributed by atoms with E-state index in [9.17, 15) is 9.18 Å². The zero-order chi connectivity index (χ0) is 17.4. The summed E-state index contributed by atoms with van der Waals surface area (Å²) in [7, 11) is 1.58. The average molecular weight is 346 g/mol. The van der Waals surface area contributed by atoms with E-state index in [1.807, 2.05) is 6.07 Å². The summed E-state index contributed by atoms with van der Waals surface area (Å²) >= 11 is 0. The molecule has 4 fully saturated rings. The monoisotopic (exact) mass is 346 g/mol. The summed E-state index contributed by atoms with van der Waals surface area (Å²) in [5.74, 6) is 2.10. The highest BCUT2D eigenvalue weighted by Crippen LogP contribution is 2.55. The first-order valence-corrected chi connectivity index (χ1v) is 9.39. The number of ether oxygens (including phenoxy) is 1. The van der Waals surface area contributed by atoms with Crippen LogP contribution in [0.15, 0.2) is 24.3 Å². The summed E-state index contributed by atoms with van der Waals surface area (Å²) in [4.78, 5) is 12.5. The number of benzene rings is 1. The molecule has 25 heavy (non-hydrogen) atoms. The van der Waals surface area contributed by atoms with Crippen LogP contribution in [0.5, 0.6) is 0 Å². The maximum atomic E-state index is 13.4. The minimum atomic E-state index is -0.349. The molecule has 0 unspecified atom stereocenters. The number of hydrogen-bond acceptors (Lipinski definition) is 2. The molecule has 0 heterocycles. The Balaban J connectivity index is 1.34. The van der Waals surface area contributed by atoms with Gasteiger partial charge in [0.05, 0.1) is 6.10 Å². The van der Waals surface area contributed by atoms with Crippen molar-refractivity contribution in [3.63, 3.8) is 0 Å². The number of carbonyl (C=O) groups is 1. The van der Waals surface area contributed by atoms with Crippen LogP contribution >= 0.6 is 0 Å². The third kappa shape index (κ3) is 3.52. The zero-order valence-corrected chi connectivity index (χ0v) is 14.8. The molecule has 5 rings (SSSR count). The van der Waals surface area contributed by atoms with E-state index in [-0.39, 0.29) is 23.5 Å². The maximum Gasteiger partial charge on any atom is 0.315 e. The van der Waals surface area contributed by atoms with Crippen molar-refractivity contribution in [2.24, 2.45) is 17.8 Å². The smallest absolute Gasteiger partial charge is 0.315 e. The van der Waals surface area contributed by atoms with Crippen LogP contribution in [0.2, 0.25) is 0 Å². The van der Waals surface area contributed by atoms with Gasteiger partial charge in [0.2, 0.25) is 0 Å². The van der Waals surface area contributed by atoms with Crippen molar-refractivity contribution in [2.45, 2.75) is 50.2 Å². The van der Waals surface area contributed by atoms with E-state index < -0.39 is 0 Å². The lowest BCUT2D eigenvalue weighted by Gasteiger charge is -2.56. The van der Waals surface area contributed by atoms with E-state index in [4.69, 9.17) is 4.74 Å². The standard InChI is InChI=1S/C20H27FN2O2/c1-25-18(16-3-2-4-17(21)8-16)12-22-19(24)23-20-9-13-5-14(10-20)7-15(6-13)11-20/h2-4,8,13-15,18H,5-7,9-12H2,1H3,(H2,22,23,24)/t13?,14?,15?,18-,20?/m1/s1. The first kappa shape index (κ1) is 16.8. The number of rotatable bonds is 5. The van der Waals surface area contributed by atoms with E-state index in [2.05, 4.69) is 10.6 Å². The minimum absolute atomic E-state index is 0.000255. The highest BCUT2D eigenvalue weighted by Gasteiger charge is 2.51. The molecule has 5 heteroatoms. The molecule has 0 aliphatic heterocycles. The number of nitrogens with one attached hydrogen (secondary N) is 2. The second-order valence-corrected chi connectivity index (χ2v) is 8.31. The van der Waals surface area contributed by atoms with Crippen LogP contribution in [0.4, 0.5) is 9.18 Å². The van der Waals surface area contributed by atoms with Crippen molar-refractivity contribution >= 4 is 6.03 Å². The zero-order valence-electron chi connectivity index (χ0n) is 14.8. The molecule has 4 nitrogen and oxygen atoms in total. The van der Waals surface area contributed by atoms with Gasteiger partial charge in [-0.1, -0.05) is 12.1 Å². The molecule has 2 amide bonds. The maximum absolute atomic E-state index is 13.4. The molecule has 1 aromatic rings. The SMILES string of the molecule is CO[C@H](CNC(=O)NC12CC3CC(CC(C3)C1)C2)c1cccc(F)c1. The van der Waals surface area contributed by atoms with Crippen LogP contribution in [0.3, 0.4) is 0 Å². The predicted molar refractivity (Wildman–Crippen MR) is 93.6 cm³/mol. The van der Waals surface area contributed by atoms with Crippen LogP contribution < -0.4 is 10.6 Å². The van der Waals surface area contributed by atoms with E-state index >= 15 is 0 Å². The second kappa shape index (κ2) is 6.60. The van der Waals surface area contributed by atoms with Gasteiger partial charge in [-0.3, -0.25) is 0 Å². The fourth-order valence-electron chi connectivity index (χ4n) is 5.78. The highest BCUT2D eigenvalue weighted by atomic mass is 19.1. The molecular formula is C20H27FN2O2. The molecule has 1 aromatic carbocycles. The van der Waals surface area contributed by atoms with Crippen molar-refractivity contribution in [3.05, 3.63) is 35.6 Å². The minimum Gasteiger partial charge on any atom is -0.375 e. The summed E-state index contributed by atoms with van der Waals surface area (Å²) < 4.78 is 18.8. The average Bonchev–Trinajstić information content (AvgIpc) is 2.53. The molecular weight excluding hydrogens is 319 g/mol. The summed E-state index contributed by atoms with van der Waals surface area (Å²) in [6.45, 7) is 0.332. The topological polar surface area (TPSA) is 50.4 Å². The second-order valence-electron chi connectivity index (χ2n) is 8.31. The van der Waals surface area contributed by atoms with E-state index in [1.165, 1.54) is 31.4 Å². The van der Waals surface area contributed by atoms with Gasteiger partial charge in [-0.05, 0) is 74.0 Å². The van der Waals surface area contributed by atoms with Crippen LogP contribution in [-0.2, 0) is 4.74 Å². The van der Waals surface area contributed by atoms with E-state index in [0.29, 0.717) is 6.54 Å². The van der Waals surface area contributed by atoms with Gasteiger partial charge in [0, 0.05) is 19.2 Å². The summed E-state index contributed by atoms with van der Waals surface area (Å²) in [5, 5.41) is 6.22. The number of amides is 2. The summed E-state index contributed by atoms with van der Waals surface area (Å²) in [5.41, 5.74) is 0.734. The van der Waals surface area contributed by atoms with Crippen molar-refractivity contribution in [3.8, 4) is 0 Å². The van der Waals surface area contributed by atoms with Gasteiger partial charge in [-0.15, -0.1) is 0 Å². The van der Waals surface area contributed by atoms with Gasteiger partial charge in [-0.25, -0.2) is 9.18 Å². The lowest BCUT2D eigenvalue weighted by molar-refractivity contribution is -0.0137. The third-order valence-corrected chi connectivity index (χ3v) is 6.37. The molecule has 0 aromatic heterocycles. The van der Waals surface area contributed by atoms with Crippen molar-refractivity contribution in [2.75, 3.05) is 13.7 Å². The van der Waals surface area contributed by atoms with Gasteiger partial charge in [0.1, 0.15) is 5.82 Å². The summed E-state index contributed by atoms with van der Waals surface area (Å²) in [6.07, 6.45) is 7.10. The molecule has 4 saturated carbocycles. The molecule has 0 radical (unpaired) electrons. The Hall–Kier alpha value is -1.62. The van der Waals surface area contributed by atoms with Gasteiger partial charge >= 0.3 is 6.03 Å². The Labute approximate surface area is 148 Å². The van der Waals surface area contributed by atoms with Crippen molar-refractivity contribution in [1.29, 1.82) is 0 Å². The van der Waals surface area contributed by atoms with Gasteiger partial charge < -0.3 is 15.4 Å². The number of urea groups is 1. The Bertz CT molecular complexity index is 613. The van der Waals surface area contributed by atoms with Crippen LogP contribution in [0, 0.1) is 23.6 Å². The van der Waals surface area contributed by atoms with Gasteiger partial charge in [0.25, 0.3) is 0 Å². The molecule has 2 N–H and O–H groups in total. The van der Waals surface area contributed by atoms with Crippen LogP contribution in [-0.4, -0.2) is 25.2 Å². The number of methoxy groups -OCH3 is 1. The van der Waals surface area contributed by atoms with Gasteiger partial charge in [0.15, 0.2) is 0 Å². The molecule has 0 saturated heterocycles. The van der Waals surface area contributed by atoms with E-state index in [1.54, 1.807) is 13.2 Å². The molecule has 4 bridgehead atoms. The number of halogens is 1. The molecule has 0 spiro atoms. The largest absolute Gasteiger partial charge is 0.375 e. The van der Waals surface area contributed by atoms with E-state index in [0.717, 1.165) is 42.6 Å². The fraction of sp³-hybridized carbons (Fsp3) is 0.650. The normalized spacial score (nSPS) is 33.9. The van der Waals surface area contributed by atoms with Gasteiger partial charge in [-0.2, -0.15) is 0 Å². The molecule has 4 aliphatic rings. The lowest BCUT2D eigenvalue weighted by atomic mass is 9.53. The fourth-order valence-corrected chi connectivity index (χ4v) is 5.78. The van der Waals surface area contributed by atoms with Crippen molar-refractivity contribution in [1.82, 2.24) is 10.6 Å². The highest BCUT2D eigenvalue weighted by molar-refractivity contribution is 5.75. The molecule has 4 aliphatic carbocycles. The first-order valence-electron chi connectivity index (χ1n) is 9.39. The Morgan fingerprint density at radius 3 is 2.44 bits per heavy atom. The van der Waals surface area contributed by atoms with Crippen molar-refractivity contribution < 1.29 is 13.9 Å². The predicted octanol–water partition coefficient (Wildman–Crippen LogP) is 3.78. The Morgan fingerprint density at radius 2 is 1.88 bits per heavy atom. The van der Waals surface area contributed by atoms with Crippen LogP contribution in [0.1, 0.15) is 50.2 Å². The first-order chi connectivity index (χ1) is 12.0. The third-order valence-electron chi connectivity index (χ3n) is 6.37. The number of carbonyl (C=O) groups excluding carboxylic acids is 1. The Morgan fingerprint density at radius 1 is 1.24 bits per heavy atom. The Kier molecular flexibility index (Phi) is 4.44. The lowest BCUT2D eigenvalue weighted by Crippen LogP contribution is -2.61. The van der Waals surface area contributed by atoms with Crippen LogP contribution in [0.25, 0.3) is 0 Å². The molecule has 136 valence electrons. The quantitative estimate of drug-likeness (QED) is 0.852.